The van der Waals surface area contributed by atoms with Crippen LogP contribution in [0, 0.1) is 5.92 Å². The number of carboxylic acid groups (broad SMARTS) is 1. The molecule has 0 bridgehead atoms. The molecule has 1 fully saturated rings. The summed E-state index contributed by atoms with van der Waals surface area (Å²) in [7, 11) is 4.58. The van der Waals surface area contributed by atoms with Gasteiger partial charge in [-0.2, -0.15) is 0 Å². The van der Waals surface area contributed by atoms with Crippen LogP contribution >= 0.6 is 0 Å². The number of benzene rings is 2. The molecule has 3 rings (SSSR count). The van der Waals surface area contributed by atoms with E-state index in [1.54, 1.807) is 49.6 Å². The first-order chi connectivity index (χ1) is 15.5. The molecule has 0 aromatic heterocycles. The molecule has 2 aromatic carbocycles. The molecule has 6 nitrogen and oxygen atoms in total. The highest BCUT2D eigenvalue weighted by Crippen LogP contribution is 2.36. The molecule has 1 aliphatic rings. The molecule has 2 aromatic rings. The summed E-state index contributed by atoms with van der Waals surface area (Å²) in [4.78, 5) is 26.1. The molecule has 0 aliphatic heterocycles. The minimum atomic E-state index is -1.15. The summed E-state index contributed by atoms with van der Waals surface area (Å²) in [6.07, 6.45) is 5.79. The van der Waals surface area contributed by atoms with E-state index in [2.05, 4.69) is 0 Å². The smallest absolute Gasteiger partial charge is 0.336 e. The second-order valence-corrected chi connectivity index (χ2v) is 8.03. The lowest BCUT2D eigenvalue weighted by atomic mass is 9.80. The van der Waals surface area contributed by atoms with Crippen molar-refractivity contribution >= 4 is 17.3 Å². The van der Waals surface area contributed by atoms with Crippen molar-refractivity contribution < 1.29 is 28.9 Å². The molecule has 1 aliphatic carbocycles. The molecule has 0 amide bonds. The van der Waals surface area contributed by atoms with Gasteiger partial charge in [-0.3, -0.25) is 4.79 Å². The second kappa shape index (κ2) is 10.8. The molecule has 0 heterocycles. The Morgan fingerprint density at radius 1 is 0.812 bits per heavy atom. The number of carboxylic acids is 1. The normalized spacial score (nSPS) is 15.0. The summed E-state index contributed by atoms with van der Waals surface area (Å²) in [5.41, 5.74) is 1.13. The van der Waals surface area contributed by atoms with Gasteiger partial charge in [0.05, 0.1) is 26.9 Å². The predicted octanol–water partition coefficient (Wildman–Crippen LogP) is 5.40. The quantitative estimate of drug-likeness (QED) is 0.417. The van der Waals surface area contributed by atoms with Gasteiger partial charge in [-0.25, -0.2) is 4.79 Å². The maximum atomic E-state index is 13.6. The van der Waals surface area contributed by atoms with E-state index in [9.17, 15) is 14.7 Å². The number of carbonyl (C=O) groups is 2. The first kappa shape index (κ1) is 23.4. The minimum Gasteiger partial charge on any atom is -0.497 e. The SMILES string of the molecule is COc1ccc(C(=O)/C(CC2CCCCC2)=C(/C(=O)O)c2cc(OC)cc(OC)c2)cc1. The number of methoxy groups -OCH3 is 3. The summed E-state index contributed by atoms with van der Waals surface area (Å²) in [5.74, 6) is 0.419. The molecule has 6 heteroatoms. The lowest BCUT2D eigenvalue weighted by Gasteiger charge is -2.24. The van der Waals surface area contributed by atoms with E-state index in [-0.39, 0.29) is 17.3 Å². The standard InChI is InChI=1S/C26H30O6/c1-30-20-11-9-18(10-12-20)25(27)23(13-17-7-5-4-6-8-17)24(26(28)29)19-14-21(31-2)16-22(15-19)32-3/h9-12,14-17H,4-8,13H2,1-3H3,(H,28,29)/b24-23+. The zero-order valence-electron chi connectivity index (χ0n) is 18.8. The van der Waals surface area contributed by atoms with Gasteiger partial charge in [0.2, 0.25) is 0 Å². The average molecular weight is 439 g/mol. The molecule has 170 valence electrons. The van der Waals surface area contributed by atoms with Gasteiger partial charge in [0, 0.05) is 17.2 Å². The zero-order valence-corrected chi connectivity index (χ0v) is 18.8. The van der Waals surface area contributed by atoms with Crippen molar-refractivity contribution in [3.8, 4) is 17.2 Å². The van der Waals surface area contributed by atoms with Gasteiger partial charge in [0.15, 0.2) is 5.78 Å². The van der Waals surface area contributed by atoms with Crippen LogP contribution in [0.15, 0.2) is 48.0 Å². The molecule has 0 unspecified atom stereocenters. The molecule has 32 heavy (non-hydrogen) atoms. The Hall–Kier alpha value is -3.28. The van der Waals surface area contributed by atoms with Crippen molar-refractivity contribution in [3.63, 3.8) is 0 Å². The number of ketones is 1. The van der Waals surface area contributed by atoms with Gasteiger partial charge in [0.25, 0.3) is 0 Å². The van der Waals surface area contributed by atoms with Gasteiger partial charge in [0.1, 0.15) is 17.2 Å². The first-order valence-corrected chi connectivity index (χ1v) is 10.9. The number of allylic oxidation sites excluding steroid dienone is 1. The van der Waals surface area contributed by atoms with Crippen LogP contribution in [0.2, 0.25) is 0 Å². The van der Waals surface area contributed by atoms with Crippen LogP contribution in [0.4, 0.5) is 0 Å². The Morgan fingerprint density at radius 2 is 1.38 bits per heavy atom. The Morgan fingerprint density at radius 3 is 1.88 bits per heavy atom. The third-order valence-corrected chi connectivity index (χ3v) is 6.00. The minimum absolute atomic E-state index is 0.00593. The molecular weight excluding hydrogens is 408 g/mol. The second-order valence-electron chi connectivity index (χ2n) is 8.03. The maximum absolute atomic E-state index is 13.6. The lowest BCUT2D eigenvalue weighted by molar-refractivity contribution is -0.130. The lowest BCUT2D eigenvalue weighted by Crippen LogP contribution is -2.17. The number of hydrogen-bond donors (Lipinski definition) is 1. The predicted molar refractivity (Wildman–Crippen MR) is 123 cm³/mol. The Bertz CT molecular complexity index is 962. The van der Waals surface area contributed by atoms with Crippen molar-refractivity contribution in [2.24, 2.45) is 5.92 Å². The Balaban J connectivity index is 2.15. The fourth-order valence-electron chi connectivity index (χ4n) is 4.28. The summed E-state index contributed by atoms with van der Waals surface area (Å²) >= 11 is 0. The third kappa shape index (κ3) is 5.49. The van der Waals surface area contributed by atoms with E-state index in [1.807, 2.05) is 0 Å². The molecule has 0 radical (unpaired) electrons. The molecule has 0 atom stereocenters. The van der Waals surface area contributed by atoms with Gasteiger partial charge >= 0.3 is 5.97 Å². The Kier molecular flexibility index (Phi) is 7.92. The highest BCUT2D eigenvalue weighted by atomic mass is 16.5. The van der Waals surface area contributed by atoms with E-state index in [0.717, 1.165) is 25.7 Å². The third-order valence-electron chi connectivity index (χ3n) is 6.00. The number of hydrogen-bond acceptors (Lipinski definition) is 5. The van der Waals surface area contributed by atoms with Crippen molar-refractivity contribution in [1.82, 2.24) is 0 Å². The number of rotatable bonds is 9. The van der Waals surface area contributed by atoms with Crippen molar-refractivity contribution in [3.05, 3.63) is 59.2 Å². The summed E-state index contributed by atoms with van der Waals surface area (Å²) < 4.78 is 15.9. The van der Waals surface area contributed by atoms with Gasteiger partial charge in [-0.05, 0) is 54.3 Å². The topological polar surface area (TPSA) is 82.1 Å². The number of ether oxygens (including phenoxy) is 3. The highest BCUT2D eigenvalue weighted by Gasteiger charge is 2.27. The molecule has 0 spiro atoms. The first-order valence-electron chi connectivity index (χ1n) is 10.9. The van der Waals surface area contributed by atoms with Crippen LogP contribution in [-0.4, -0.2) is 38.2 Å². The van der Waals surface area contributed by atoms with Crippen LogP contribution < -0.4 is 14.2 Å². The van der Waals surface area contributed by atoms with E-state index in [0.29, 0.717) is 40.4 Å². The number of Topliss-reactive ketones (excluding diaryl/α,β-unsaturated/α-hetero) is 1. The van der Waals surface area contributed by atoms with Crippen LogP contribution in [0.25, 0.3) is 5.57 Å². The highest BCUT2D eigenvalue weighted by molar-refractivity contribution is 6.26. The monoisotopic (exact) mass is 438 g/mol. The molecular formula is C26H30O6. The fourth-order valence-corrected chi connectivity index (χ4v) is 4.28. The molecule has 1 saturated carbocycles. The van der Waals surface area contributed by atoms with Gasteiger partial charge < -0.3 is 19.3 Å². The molecule has 0 saturated heterocycles. The fraction of sp³-hybridized carbons (Fsp3) is 0.385. The van der Waals surface area contributed by atoms with Crippen LogP contribution in [0.5, 0.6) is 17.2 Å². The maximum Gasteiger partial charge on any atom is 0.336 e. The number of carbonyl (C=O) groups excluding carboxylic acids is 1. The number of aliphatic carboxylic acids is 1. The summed E-state index contributed by atoms with van der Waals surface area (Å²) in [5, 5.41) is 10.2. The van der Waals surface area contributed by atoms with E-state index in [4.69, 9.17) is 14.2 Å². The van der Waals surface area contributed by atoms with Crippen molar-refractivity contribution in [1.29, 1.82) is 0 Å². The van der Waals surface area contributed by atoms with Crippen molar-refractivity contribution in [2.45, 2.75) is 38.5 Å². The largest absolute Gasteiger partial charge is 0.497 e. The zero-order chi connectivity index (χ0) is 23.1. The van der Waals surface area contributed by atoms with Crippen LogP contribution in [0.3, 0.4) is 0 Å². The average Bonchev–Trinajstić information content (AvgIpc) is 2.83. The van der Waals surface area contributed by atoms with Gasteiger partial charge in [-0.1, -0.05) is 32.1 Å². The van der Waals surface area contributed by atoms with Crippen molar-refractivity contribution in [2.75, 3.05) is 21.3 Å². The van der Waals surface area contributed by atoms with Crippen LogP contribution in [0.1, 0.15) is 54.4 Å². The summed E-state index contributed by atoms with van der Waals surface area (Å²) in [6, 6.07) is 11.7. The van der Waals surface area contributed by atoms with E-state index >= 15 is 0 Å². The van der Waals surface area contributed by atoms with E-state index < -0.39 is 5.97 Å². The van der Waals surface area contributed by atoms with Crippen LogP contribution in [-0.2, 0) is 4.79 Å². The summed E-state index contributed by atoms with van der Waals surface area (Å²) in [6.45, 7) is 0. The van der Waals surface area contributed by atoms with Gasteiger partial charge in [-0.15, -0.1) is 0 Å². The molecule has 1 N–H and O–H groups in total. The van der Waals surface area contributed by atoms with E-state index in [1.165, 1.54) is 20.6 Å². The Labute approximate surface area is 188 Å².